The monoisotopic (exact) mass is 492 g/mol. The first-order valence-corrected chi connectivity index (χ1v) is 13.1. The van der Waals surface area contributed by atoms with E-state index in [9.17, 15) is 4.79 Å². The third-order valence-electron chi connectivity index (χ3n) is 7.75. The SMILES string of the molecule is CN(C)C1(c2ccccc2)CC=C(c2[nH]c3ccccc3c2CCNC(=O)NCc2ccccc2)CC1. The first-order valence-electron chi connectivity index (χ1n) is 13.1. The molecule has 190 valence electrons. The minimum Gasteiger partial charge on any atom is -0.355 e. The molecule has 0 saturated carbocycles. The number of hydrogen-bond donors (Lipinski definition) is 3. The first kappa shape index (κ1) is 24.8. The van der Waals surface area contributed by atoms with Crippen LogP contribution in [0, 0.1) is 0 Å². The lowest BCUT2D eigenvalue weighted by atomic mass is 9.75. The minimum atomic E-state index is -0.138. The maximum Gasteiger partial charge on any atom is 0.315 e. The van der Waals surface area contributed by atoms with Crippen LogP contribution < -0.4 is 10.6 Å². The summed E-state index contributed by atoms with van der Waals surface area (Å²) in [5.74, 6) is 0. The summed E-state index contributed by atoms with van der Waals surface area (Å²) in [6, 6.07) is 29.2. The molecule has 1 unspecified atom stereocenters. The summed E-state index contributed by atoms with van der Waals surface area (Å²) in [6.45, 7) is 1.10. The van der Waals surface area contributed by atoms with Gasteiger partial charge in [0.05, 0.1) is 0 Å². The zero-order valence-electron chi connectivity index (χ0n) is 21.8. The summed E-state index contributed by atoms with van der Waals surface area (Å²) in [4.78, 5) is 18.5. The molecule has 1 aromatic heterocycles. The molecule has 3 aromatic carbocycles. The van der Waals surface area contributed by atoms with E-state index in [1.165, 1.54) is 27.8 Å². The number of nitrogens with one attached hydrogen (secondary N) is 3. The molecule has 0 saturated heterocycles. The predicted octanol–water partition coefficient (Wildman–Crippen LogP) is 6.23. The Hall–Kier alpha value is -3.83. The molecule has 0 radical (unpaired) electrons. The molecule has 0 fully saturated rings. The normalized spacial score (nSPS) is 17.5. The Labute approximate surface area is 219 Å². The lowest BCUT2D eigenvalue weighted by Gasteiger charge is -2.43. The number of benzene rings is 3. The van der Waals surface area contributed by atoms with E-state index in [0.717, 1.165) is 36.8 Å². The second kappa shape index (κ2) is 11.1. The van der Waals surface area contributed by atoms with Crippen molar-refractivity contribution in [1.29, 1.82) is 0 Å². The number of amides is 2. The first-order chi connectivity index (χ1) is 18.1. The molecule has 5 nitrogen and oxygen atoms in total. The van der Waals surface area contributed by atoms with Crippen molar-refractivity contribution in [1.82, 2.24) is 20.5 Å². The summed E-state index contributed by atoms with van der Waals surface area (Å²) < 4.78 is 0. The lowest BCUT2D eigenvalue weighted by molar-refractivity contribution is 0.138. The largest absolute Gasteiger partial charge is 0.355 e. The number of aromatic amines is 1. The van der Waals surface area contributed by atoms with E-state index in [1.807, 2.05) is 30.3 Å². The number of hydrogen-bond acceptors (Lipinski definition) is 2. The Morgan fingerprint density at radius 2 is 1.62 bits per heavy atom. The number of carbonyl (C=O) groups is 1. The molecule has 1 aliphatic carbocycles. The van der Waals surface area contributed by atoms with Crippen molar-refractivity contribution in [3.8, 4) is 0 Å². The number of allylic oxidation sites excluding steroid dienone is 1. The average Bonchev–Trinajstić information content (AvgIpc) is 3.31. The number of rotatable bonds is 8. The van der Waals surface area contributed by atoms with Crippen molar-refractivity contribution < 1.29 is 4.79 Å². The summed E-state index contributed by atoms with van der Waals surface area (Å²) >= 11 is 0. The van der Waals surface area contributed by atoms with Crippen molar-refractivity contribution in [3.63, 3.8) is 0 Å². The highest BCUT2D eigenvalue weighted by Gasteiger charge is 2.36. The van der Waals surface area contributed by atoms with Gasteiger partial charge >= 0.3 is 6.03 Å². The van der Waals surface area contributed by atoms with Crippen LogP contribution in [0.25, 0.3) is 16.5 Å². The fourth-order valence-electron chi connectivity index (χ4n) is 5.62. The van der Waals surface area contributed by atoms with Crippen molar-refractivity contribution in [3.05, 3.63) is 113 Å². The Balaban J connectivity index is 1.32. The quantitative estimate of drug-likeness (QED) is 0.273. The molecule has 2 amide bonds. The Morgan fingerprint density at radius 3 is 2.32 bits per heavy atom. The smallest absolute Gasteiger partial charge is 0.315 e. The number of urea groups is 1. The highest BCUT2D eigenvalue weighted by Crippen LogP contribution is 2.43. The number of para-hydroxylation sites is 1. The standard InChI is InChI=1S/C32H36N4O/c1-36(2)32(26-13-7-4-8-14-26)20-17-25(18-21-32)30-28(27-15-9-10-16-29(27)35-30)19-22-33-31(37)34-23-24-11-5-3-6-12-24/h3-17,35H,18-23H2,1-2H3,(H2,33,34,37). The van der Waals surface area contributed by atoms with Crippen LogP contribution in [0.5, 0.6) is 0 Å². The topological polar surface area (TPSA) is 60.2 Å². The van der Waals surface area contributed by atoms with Crippen molar-refractivity contribution >= 4 is 22.5 Å². The number of fused-ring (bicyclic) bond motifs is 1. The van der Waals surface area contributed by atoms with Crippen LogP contribution in [0.1, 0.15) is 41.6 Å². The van der Waals surface area contributed by atoms with E-state index in [1.54, 1.807) is 0 Å². The van der Waals surface area contributed by atoms with Gasteiger partial charge in [-0.15, -0.1) is 0 Å². The fraction of sp³-hybridized carbons (Fsp3) is 0.281. The molecule has 5 heteroatoms. The Kier molecular flexibility index (Phi) is 7.42. The highest BCUT2D eigenvalue weighted by molar-refractivity contribution is 5.89. The van der Waals surface area contributed by atoms with E-state index in [0.29, 0.717) is 13.1 Å². The van der Waals surface area contributed by atoms with Gasteiger partial charge in [0, 0.05) is 35.2 Å². The molecular weight excluding hydrogens is 456 g/mol. The second-order valence-corrected chi connectivity index (χ2v) is 10.1. The zero-order chi connectivity index (χ0) is 25.7. The van der Waals surface area contributed by atoms with Gasteiger partial charge in [-0.3, -0.25) is 4.90 Å². The molecule has 5 rings (SSSR count). The maximum absolute atomic E-state index is 12.4. The molecule has 1 aliphatic rings. The molecule has 3 N–H and O–H groups in total. The van der Waals surface area contributed by atoms with E-state index < -0.39 is 0 Å². The van der Waals surface area contributed by atoms with Gasteiger partial charge in [0.2, 0.25) is 0 Å². The van der Waals surface area contributed by atoms with Crippen molar-refractivity contribution in [2.45, 2.75) is 37.8 Å². The van der Waals surface area contributed by atoms with Gasteiger partial charge in [-0.2, -0.15) is 0 Å². The zero-order valence-corrected chi connectivity index (χ0v) is 21.8. The summed E-state index contributed by atoms with van der Waals surface area (Å²) in [5.41, 5.74) is 7.48. The third-order valence-corrected chi connectivity index (χ3v) is 7.75. The van der Waals surface area contributed by atoms with Gasteiger partial charge in [-0.05, 0) is 68.1 Å². The van der Waals surface area contributed by atoms with E-state index in [4.69, 9.17) is 0 Å². The number of aromatic nitrogens is 1. The molecule has 37 heavy (non-hydrogen) atoms. The highest BCUT2D eigenvalue weighted by atomic mass is 16.2. The molecule has 1 atom stereocenters. The van der Waals surface area contributed by atoms with Gasteiger partial charge in [-0.1, -0.05) is 84.9 Å². The van der Waals surface area contributed by atoms with Gasteiger partial charge < -0.3 is 15.6 Å². The van der Waals surface area contributed by atoms with Crippen LogP contribution >= 0.6 is 0 Å². The van der Waals surface area contributed by atoms with Crippen LogP contribution in [0.4, 0.5) is 4.79 Å². The van der Waals surface area contributed by atoms with Crippen LogP contribution in [-0.4, -0.2) is 36.6 Å². The second-order valence-electron chi connectivity index (χ2n) is 10.1. The minimum absolute atomic E-state index is 0.00926. The maximum atomic E-state index is 12.4. The van der Waals surface area contributed by atoms with Crippen LogP contribution in [0.3, 0.4) is 0 Å². The number of nitrogens with zero attached hydrogens (tertiary/aromatic N) is 1. The predicted molar refractivity (Wildman–Crippen MR) is 152 cm³/mol. The Bertz CT molecular complexity index is 1370. The summed E-state index contributed by atoms with van der Waals surface area (Å²) in [6.07, 6.45) is 6.22. The van der Waals surface area contributed by atoms with Crippen molar-refractivity contribution in [2.75, 3.05) is 20.6 Å². The van der Waals surface area contributed by atoms with Gasteiger partial charge in [-0.25, -0.2) is 4.79 Å². The fourth-order valence-corrected chi connectivity index (χ4v) is 5.62. The molecular formula is C32H36N4O. The lowest BCUT2D eigenvalue weighted by Crippen LogP contribution is -2.42. The number of H-pyrrole nitrogens is 1. The average molecular weight is 493 g/mol. The summed E-state index contributed by atoms with van der Waals surface area (Å²) in [5, 5.41) is 7.23. The van der Waals surface area contributed by atoms with Gasteiger partial charge in [0.15, 0.2) is 0 Å². The van der Waals surface area contributed by atoms with Gasteiger partial charge in [0.25, 0.3) is 0 Å². The van der Waals surface area contributed by atoms with Crippen LogP contribution in [0.15, 0.2) is 91.0 Å². The molecule has 4 aromatic rings. The molecule has 1 heterocycles. The third kappa shape index (κ3) is 5.32. The van der Waals surface area contributed by atoms with E-state index in [2.05, 4.69) is 95.3 Å². The number of carbonyl (C=O) groups excluding carboxylic acids is 1. The van der Waals surface area contributed by atoms with Crippen LogP contribution in [-0.2, 0) is 18.5 Å². The summed E-state index contributed by atoms with van der Waals surface area (Å²) in [7, 11) is 4.38. The molecule has 0 spiro atoms. The van der Waals surface area contributed by atoms with Crippen molar-refractivity contribution in [2.24, 2.45) is 0 Å². The van der Waals surface area contributed by atoms with Gasteiger partial charge in [0.1, 0.15) is 0 Å². The van der Waals surface area contributed by atoms with E-state index >= 15 is 0 Å². The molecule has 0 aliphatic heterocycles. The van der Waals surface area contributed by atoms with Crippen LogP contribution in [0.2, 0.25) is 0 Å². The Morgan fingerprint density at radius 1 is 0.919 bits per heavy atom. The van der Waals surface area contributed by atoms with E-state index in [-0.39, 0.29) is 11.6 Å². The molecule has 0 bridgehead atoms.